The second-order valence-corrected chi connectivity index (χ2v) is 2.96. The zero-order valence-corrected chi connectivity index (χ0v) is 6.90. The van der Waals surface area contributed by atoms with Crippen molar-refractivity contribution >= 4 is 0 Å². The van der Waals surface area contributed by atoms with Crippen molar-refractivity contribution in [2.75, 3.05) is 0 Å². The molecule has 0 heteroatoms. The quantitative estimate of drug-likeness (QED) is 0.584. The zero-order valence-electron chi connectivity index (χ0n) is 6.90. The minimum atomic E-state index is 0.469. The van der Waals surface area contributed by atoms with Gasteiger partial charge < -0.3 is 0 Å². The van der Waals surface area contributed by atoms with Crippen LogP contribution in [-0.4, -0.2) is 0 Å². The number of hydrogen-bond acceptors (Lipinski definition) is 0. The Balaban J connectivity index is 2.21. The van der Waals surface area contributed by atoms with Gasteiger partial charge in [-0.3, -0.25) is 0 Å². The average Bonchev–Trinajstić information content (AvgIpc) is 2.21. The maximum absolute atomic E-state index is 3.32. The molecule has 2 rings (SSSR count). The van der Waals surface area contributed by atoms with Crippen molar-refractivity contribution in [3.05, 3.63) is 60.2 Å². The Kier molecular flexibility index (Phi) is 2.08. The number of benzene rings is 1. The monoisotopic (exact) mass is 155 g/mol. The van der Waals surface area contributed by atoms with Crippen molar-refractivity contribution in [2.24, 2.45) is 0 Å². The second kappa shape index (κ2) is 3.40. The van der Waals surface area contributed by atoms with Crippen LogP contribution in [-0.2, 0) is 0 Å². The summed E-state index contributed by atoms with van der Waals surface area (Å²) in [5, 5.41) is 0. The zero-order chi connectivity index (χ0) is 8.23. The van der Waals surface area contributed by atoms with E-state index < -0.39 is 0 Å². The van der Waals surface area contributed by atoms with Crippen LogP contribution >= 0.6 is 0 Å². The van der Waals surface area contributed by atoms with Gasteiger partial charge in [0.2, 0.25) is 0 Å². The van der Waals surface area contributed by atoms with Crippen LogP contribution in [0, 0.1) is 6.08 Å². The van der Waals surface area contributed by atoms with Gasteiger partial charge in [-0.2, -0.15) is 0 Å². The van der Waals surface area contributed by atoms with E-state index in [0.29, 0.717) is 5.92 Å². The van der Waals surface area contributed by atoms with Crippen molar-refractivity contribution in [3.63, 3.8) is 0 Å². The predicted octanol–water partition coefficient (Wildman–Crippen LogP) is 3.09. The number of hydrogen-bond donors (Lipinski definition) is 0. The molecular weight excluding hydrogens is 144 g/mol. The molecule has 0 bridgehead atoms. The highest BCUT2D eigenvalue weighted by molar-refractivity contribution is 5.25. The first-order valence-corrected chi connectivity index (χ1v) is 4.26. The van der Waals surface area contributed by atoms with Gasteiger partial charge in [0.15, 0.2) is 0 Å². The van der Waals surface area contributed by atoms with E-state index in [1.54, 1.807) is 0 Å². The summed E-state index contributed by atoms with van der Waals surface area (Å²) in [5.74, 6) is 0.469. The van der Waals surface area contributed by atoms with E-state index in [1.807, 2.05) is 12.1 Å². The lowest BCUT2D eigenvalue weighted by atomic mass is 9.93. The minimum absolute atomic E-state index is 0.469. The van der Waals surface area contributed by atoms with Crippen molar-refractivity contribution < 1.29 is 0 Å². The molecule has 1 aromatic carbocycles. The summed E-state index contributed by atoms with van der Waals surface area (Å²) in [4.78, 5) is 0. The van der Waals surface area contributed by atoms with Crippen LogP contribution < -0.4 is 0 Å². The highest BCUT2D eigenvalue weighted by Crippen LogP contribution is 2.22. The van der Waals surface area contributed by atoms with Crippen LogP contribution in [0.15, 0.2) is 48.6 Å². The third kappa shape index (κ3) is 1.48. The molecule has 0 saturated heterocycles. The first-order chi connectivity index (χ1) is 5.97. The summed E-state index contributed by atoms with van der Waals surface area (Å²) < 4.78 is 0. The van der Waals surface area contributed by atoms with E-state index in [9.17, 15) is 0 Å². The van der Waals surface area contributed by atoms with Crippen LogP contribution in [0.4, 0.5) is 0 Å². The summed E-state index contributed by atoms with van der Waals surface area (Å²) in [5.41, 5.74) is 1.36. The molecule has 1 aliphatic carbocycles. The van der Waals surface area contributed by atoms with Crippen molar-refractivity contribution in [1.29, 1.82) is 0 Å². The molecule has 1 unspecified atom stereocenters. The highest BCUT2D eigenvalue weighted by Gasteiger charge is 2.06. The molecule has 59 valence electrons. The van der Waals surface area contributed by atoms with Crippen LogP contribution in [0.3, 0.4) is 0 Å². The first kappa shape index (κ1) is 7.35. The smallest absolute Gasteiger partial charge is 0.0127 e. The fourth-order valence-corrected chi connectivity index (χ4v) is 1.44. The Bertz CT molecular complexity index is 293. The molecule has 0 heterocycles. The van der Waals surface area contributed by atoms with Crippen LogP contribution in [0.5, 0.6) is 0 Å². The largest absolute Gasteiger partial charge is 0.0836 e. The highest BCUT2D eigenvalue weighted by atomic mass is 14.1. The molecule has 0 amide bonds. The summed E-state index contributed by atoms with van der Waals surface area (Å²) in [6.07, 6.45) is 10.7. The Morgan fingerprint density at radius 2 is 2.00 bits per heavy atom. The molecule has 1 aliphatic rings. The molecule has 0 saturated carbocycles. The summed E-state index contributed by atoms with van der Waals surface area (Å²) in [6.45, 7) is 0. The average molecular weight is 155 g/mol. The second-order valence-electron chi connectivity index (χ2n) is 2.96. The van der Waals surface area contributed by atoms with E-state index in [4.69, 9.17) is 0 Å². The minimum Gasteiger partial charge on any atom is -0.0836 e. The molecule has 1 atom stereocenters. The lowest BCUT2D eigenvalue weighted by Gasteiger charge is -2.11. The van der Waals surface area contributed by atoms with Gasteiger partial charge in [0, 0.05) is 5.92 Å². The Hall–Kier alpha value is -1.30. The van der Waals surface area contributed by atoms with Gasteiger partial charge in [-0.05, 0) is 18.1 Å². The molecule has 0 aromatic heterocycles. The molecule has 0 nitrogen and oxygen atoms in total. The maximum Gasteiger partial charge on any atom is 0.0127 e. The fourth-order valence-electron chi connectivity index (χ4n) is 1.44. The molecule has 0 spiro atoms. The van der Waals surface area contributed by atoms with E-state index >= 15 is 0 Å². The Morgan fingerprint density at radius 1 is 1.17 bits per heavy atom. The molecule has 12 heavy (non-hydrogen) atoms. The summed E-state index contributed by atoms with van der Waals surface area (Å²) in [6, 6.07) is 10.5. The lowest BCUT2D eigenvalue weighted by Crippen LogP contribution is -1.95. The number of rotatable bonds is 1. The van der Waals surface area contributed by atoms with Gasteiger partial charge in [0.25, 0.3) is 0 Å². The third-order valence-corrected chi connectivity index (χ3v) is 2.10. The van der Waals surface area contributed by atoms with E-state index in [2.05, 4.69) is 42.5 Å². The Labute approximate surface area is 73.2 Å². The lowest BCUT2D eigenvalue weighted by molar-refractivity contribution is 0.831. The van der Waals surface area contributed by atoms with Gasteiger partial charge in [0.1, 0.15) is 0 Å². The molecule has 0 aliphatic heterocycles. The van der Waals surface area contributed by atoms with Crippen LogP contribution in [0.25, 0.3) is 0 Å². The molecule has 0 N–H and O–H groups in total. The van der Waals surface area contributed by atoms with Gasteiger partial charge in [-0.25, -0.2) is 0 Å². The predicted molar refractivity (Wildman–Crippen MR) is 50.8 cm³/mol. The van der Waals surface area contributed by atoms with E-state index in [-0.39, 0.29) is 0 Å². The maximum atomic E-state index is 3.32. The van der Waals surface area contributed by atoms with Crippen LogP contribution in [0.2, 0.25) is 0 Å². The van der Waals surface area contributed by atoms with Gasteiger partial charge >= 0.3 is 0 Å². The molecule has 0 fully saturated rings. The first-order valence-electron chi connectivity index (χ1n) is 4.26. The summed E-state index contributed by atoms with van der Waals surface area (Å²) >= 11 is 0. The number of allylic oxidation sites excluding steroid dienone is 4. The van der Waals surface area contributed by atoms with Crippen molar-refractivity contribution in [3.8, 4) is 0 Å². The van der Waals surface area contributed by atoms with Crippen molar-refractivity contribution in [2.45, 2.75) is 12.3 Å². The molecule has 1 radical (unpaired) electrons. The third-order valence-electron chi connectivity index (χ3n) is 2.10. The standard InChI is InChI=1S/C12H11/c1-3-7-11(8-4-1)12-9-5-2-6-10-12/h1-8,12H,9H2. The molecule has 1 aromatic rings. The van der Waals surface area contributed by atoms with E-state index in [1.165, 1.54) is 5.56 Å². The van der Waals surface area contributed by atoms with Crippen LogP contribution in [0.1, 0.15) is 17.9 Å². The summed E-state index contributed by atoms with van der Waals surface area (Å²) in [7, 11) is 0. The molecular formula is C12H11. The van der Waals surface area contributed by atoms with Gasteiger partial charge in [0.05, 0.1) is 0 Å². The fraction of sp³-hybridized carbons (Fsp3) is 0.167. The SMILES string of the molecule is [C]1=CC=CCC1c1ccccc1. The van der Waals surface area contributed by atoms with Gasteiger partial charge in [-0.1, -0.05) is 48.6 Å². The topological polar surface area (TPSA) is 0 Å². The van der Waals surface area contributed by atoms with E-state index in [0.717, 1.165) is 6.42 Å². The van der Waals surface area contributed by atoms with Gasteiger partial charge in [-0.15, -0.1) is 0 Å². The van der Waals surface area contributed by atoms with Crippen molar-refractivity contribution in [1.82, 2.24) is 0 Å². The normalized spacial score (nSPS) is 21.2. The Morgan fingerprint density at radius 3 is 2.67 bits per heavy atom.